The Labute approximate surface area is 117 Å². The number of carbonyl (C=O) groups is 1. The van der Waals surface area contributed by atoms with Crippen molar-refractivity contribution in [3.63, 3.8) is 0 Å². The van der Waals surface area contributed by atoms with Gasteiger partial charge in [0.2, 0.25) is 0 Å². The zero-order chi connectivity index (χ0) is 12.3. The van der Waals surface area contributed by atoms with Crippen LogP contribution in [0.15, 0.2) is 39.5 Å². The monoisotopic (exact) mass is 329 g/mol. The van der Waals surface area contributed by atoms with Crippen molar-refractivity contribution in [3.05, 3.63) is 55.6 Å². The van der Waals surface area contributed by atoms with E-state index in [9.17, 15) is 4.79 Å². The SMILES string of the molecule is O=C(NCc1ccsc1)c1ccc(Br)c(Cl)c1. The zero-order valence-corrected chi connectivity index (χ0v) is 11.9. The second kappa shape index (κ2) is 5.67. The summed E-state index contributed by atoms with van der Waals surface area (Å²) in [5.41, 5.74) is 1.67. The van der Waals surface area contributed by atoms with Crippen molar-refractivity contribution < 1.29 is 4.79 Å². The quantitative estimate of drug-likeness (QED) is 0.902. The van der Waals surface area contributed by atoms with Gasteiger partial charge in [0.25, 0.3) is 5.91 Å². The zero-order valence-electron chi connectivity index (χ0n) is 8.74. The Balaban J connectivity index is 2.02. The van der Waals surface area contributed by atoms with E-state index in [1.807, 2.05) is 16.8 Å². The van der Waals surface area contributed by atoms with E-state index >= 15 is 0 Å². The van der Waals surface area contributed by atoms with E-state index in [1.165, 1.54) is 0 Å². The molecule has 0 aliphatic carbocycles. The number of hydrogen-bond donors (Lipinski definition) is 1. The minimum atomic E-state index is -0.120. The molecule has 2 aromatic rings. The Morgan fingerprint density at radius 3 is 2.88 bits per heavy atom. The molecule has 1 aromatic carbocycles. The molecule has 0 saturated carbocycles. The van der Waals surface area contributed by atoms with Crippen LogP contribution in [-0.4, -0.2) is 5.91 Å². The summed E-state index contributed by atoms with van der Waals surface area (Å²) in [6, 6.07) is 7.13. The number of rotatable bonds is 3. The summed E-state index contributed by atoms with van der Waals surface area (Å²) in [5, 5.41) is 7.37. The van der Waals surface area contributed by atoms with Gasteiger partial charge in [0, 0.05) is 16.6 Å². The second-order valence-electron chi connectivity index (χ2n) is 3.44. The maximum Gasteiger partial charge on any atom is 0.251 e. The first-order chi connectivity index (χ1) is 8.16. The Kier molecular flexibility index (Phi) is 4.20. The van der Waals surface area contributed by atoms with Gasteiger partial charge in [0.05, 0.1) is 5.02 Å². The van der Waals surface area contributed by atoms with Gasteiger partial charge in [-0.3, -0.25) is 4.79 Å². The van der Waals surface area contributed by atoms with Gasteiger partial charge < -0.3 is 5.32 Å². The summed E-state index contributed by atoms with van der Waals surface area (Å²) < 4.78 is 0.786. The fourth-order valence-electron chi connectivity index (χ4n) is 1.32. The van der Waals surface area contributed by atoms with E-state index in [0.29, 0.717) is 17.1 Å². The lowest BCUT2D eigenvalue weighted by molar-refractivity contribution is 0.0951. The van der Waals surface area contributed by atoms with Crippen molar-refractivity contribution in [2.75, 3.05) is 0 Å². The third-order valence-electron chi connectivity index (χ3n) is 2.21. The molecule has 1 heterocycles. The lowest BCUT2D eigenvalue weighted by Crippen LogP contribution is -2.22. The van der Waals surface area contributed by atoms with Crippen LogP contribution in [-0.2, 0) is 6.54 Å². The van der Waals surface area contributed by atoms with Crippen molar-refractivity contribution in [1.82, 2.24) is 5.32 Å². The van der Waals surface area contributed by atoms with Gasteiger partial charge >= 0.3 is 0 Å². The van der Waals surface area contributed by atoms with E-state index in [1.54, 1.807) is 29.5 Å². The van der Waals surface area contributed by atoms with Crippen LogP contribution in [0, 0.1) is 0 Å². The molecule has 17 heavy (non-hydrogen) atoms. The Morgan fingerprint density at radius 1 is 1.41 bits per heavy atom. The first-order valence-electron chi connectivity index (χ1n) is 4.91. The van der Waals surface area contributed by atoms with Crippen LogP contribution < -0.4 is 5.32 Å². The van der Waals surface area contributed by atoms with Gasteiger partial charge in [0.15, 0.2) is 0 Å². The van der Waals surface area contributed by atoms with Crippen molar-refractivity contribution in [2.45, 2.75) is 6.54 Å². The maximum absolute atomic E-state index is 11.8. The fourth-order valence-corrected chi connectivity index (χ4v) is 2.41. The lowest BCUT2D eigenvalue weighted by Gasteiger charge is -2.05. The van der Waals surface area contributed by atoms with Crippen LogP contribution >= 0.6 is 38.9 Å². The molecule has 0 radical (unpaired) electrons. The largest absolute Gasteiger partial charge is 0.348 e. The average Bonchev–Trinajstić information content (AvgIpc) is 2.82. The van der Waals surface area contributed by atoms with E-state index in [0.717, 1.165) is 10.0 Å². The number of carbonyl (C=O) groups excluding carboxylic acids is 1. The highest BCUT2D eigenvalue weighted by Gasteiger charge is 2.07. The van der Waals surface area contributed by atoms with Crippen LogP contribution in [0.1, 0.15) is 15.9 Å². The number of nitrogens with one attached hydrogen (secondary N) is 1. The van der Waals surface area contributed by atoms with E-state index < -0.39 is 0 Å². The molecule has 2 nitrogen and oxygen atoms in total. The molecule has 0 unspecified atom stereocenters. The molecule has 0 aliphatic heterocycles. The van der Waals surface area contributed by atoms with Crippen LogP contribution in [0.2, 0.25) is 5.02 Å². The molecular weight excluding hydrogens is 322 g/mol. The highest BCUT2D eigenvalue weighted by molar-refractivity contribution is 9.10. The molecule has 0 fully saturated rings. The maximum atomic E-state index is 11.8. The molecule has 0 saturated heterocycles. The third kappa shape index (κ3) is 3.31. The summed E-state index contributed by atoms with van der Waals surface area (Å²) >= 11 is 10.8. The normalized spacial score (nSPS) is 10.2. The number of amides is 1. The Bertz CT molecular complexity index is 527. The number of halogens is 2. The van der Waals surface area contributed by atoms with Crippen LogP contribution in [0.5, 0.6) is 0 Å². The molecule has 1 amide bonds. The second-order valence-corrected chi connectivity index (χ2v) is 5.48. The summed E-state index contributed by atoms with van der Waals surface area (Å²) in [4.78, 5) is 11.8. The molecule has 2 rings (SSSR count). The number of benzene rings is 1. The van der Waals surface area contributed by atoms with Gasteiger partial charge in [-0.2, -0.15) is 11.3 Å². The summed E-state index contributed by atoms with van der Waals surface area (Å²) in [6.07, 6.45) is 0. The van der Waals surface area contributed by atoms with E-state index in [2.05, 4.69) is 21.2 Å². The fraction of sp³-hybridized carbons (Fsp3) is 0.0833. The first kappa shape index (κ1) is 12.6. The molecular formula is C12H9BrClNOS. The highest BCUT2D eigenvalue weighted by Crippen LogP contribution is 2.23. The predicted octanol–water partition coefficient (Wildman–Crippen LogP) is 4.09. The number of hydrogen-bond acceptors (Lipinski definition) is 2. The molecule has 0 atom stereocenters. The van der Waals surface area contributed by atoms with Crippen molar-refractivity contribution >= 4 is 44.8 Å². The number of thiophene rings is 1. The highest BCUT2D eigenvalue weighted by atomic mass is 79.9. The van der Waals surface area contributed by atoms with Crippen molar-refractivity contribution in [3.8, 4) is 0 Å². The molecule has 1 aromatic heterocycles. The minimum Gasteiger partial charge on any atom is -0.348 e. The minimum absolute atomic E-state index is 0.120. The van der Waals surface area contributed by atoms with Crippen LogP contribution in [0.25, 0.3) is 0 Å². The van der Waals surface area contributed by atoms with Crippen molar-refractivity contribution in [2.24, 2.45) is 0 Å². The Hall–Kier alpha value is -0.840. The molecule has 0 bridgehead atoms. The predicted molar refractivity (Wildman–Crippen MR) is 74.6 cm³/mol. The van der Waals surface area contributed by atoms with Gasteiger partial charge in [-0.05, 0) is 56.5 Å². The van der Waals surface area contributed by atoms with Crippen LogP contribution in [0.3, 0.4) is 0 Å². The third-order valence-corrected chi connectivity index (χ3v) is 4.18. The van der Waals surface area contributed by atoms with Crippen molar-refractivity contribution in [1.29, 1.82) is 0 Å². The van der Waals surface area contributed by atoms with E-state index in [4.69, 9.17) is 11.6 Å². The molecule has 1 N–H and O–H groups in total. The smallest absolute Gasteiger partial charge is 0.251 e. The summed E-state index contributed by atoms with van der Waals surface area (Å²) in [6.45, 7) is 0.538. The Morgan fingerprint density at radius 2 is 2.24 bits per heavy atom. The molecule has 0 spiro atoms. The first-order valence-corrected chi connectivity index (χ1v) is 7.02. The van der Waals surface area contributed by atoms with Gasteiger partial charge in [-0.15, -0.1) is 0 Å². The standard InChI is InChI=1S/C12H9BrClNOS/c13-10-2-1-9(5-11(10)14)12(16)15-6-8-3-4-17-7-8/h1-5,7H,6H2,(H,15,16). The average molecular weight is 331 g/mol. The van der Waals surface area contributed by atoms with Gasteiger partial charge in [-0.1, -0.05) is 11.6 Å². The van der Waals surface area contributed by atoms with Crippen LogP contribution in [0.4, 0.5) is 0 Å². The molecule has 0 aliphatic rings. The summed E-state index contributed by atoms with van der Waals surface area (Å²) in [7, 11) is 0. The molecule has 5 heteroatoms. The van der Waals surface area contributed by atoms with Gasteiger partial charge in [-0.25, -0.2) is 0 Å². The molecule has 88 valence electrons. The topological polar surface area (TPSA) is 29.1 Å². The van der Waals surface area contributed by atoms with E-state index in [-0.39, 0.29) is 5.91 Å². The summed E-state index contributed by atoms with van der Waals surface area (Å²) in [5.74, 6) is -0.120. The lowest BCUT2D eigenvalue weighted by atomic mass is 10.2. The van der Waals surface area contributed by atoms with Gasteiger partial charge in [0.1, 0.15) is 0 Å².